The number of aryl methyl sites for hydroxylation is 1. The minimum absolute atomic E-state index is 0.0464. The zero-order chi connectivity index (χ0) is 20.3. The lowest BCUT2D eigenvalue weighted by molar-refractivity contribution is -0.119. The highest BCUT2D eigenvalue weighted by Gasteiger charge is 2.18. The van der Waals surface area contributed by atoms with E-state index >= 15 is 0 Å². The number of nitrogens with zero attached hydrogens (tertiary/aromatic N) is 2. The molecule has 3 aromatic rings. The first kappa shape index (κ1) is 19.2. The molecule has 6 nitrogen and oxygen atoms in total. The predicted molar refractivity (Wildman–Crippen MR) is 108 cm³/mol. The SMILES string of the molecule is CC(=O)c1ccc(NC(=O)C(C)n2nc(-c3ccc(C)cc3)ccc2=O)cc1. The number of carbonyl (C=O) groups is 2. The molecule has 0 aliphatic heterocycles. The minimum Gasteiger partial charge on any atom is -0.324 e. The van der Waals surface area contributed by atoms with Crippen molar-refractivity contribution in [1.29, 1.82) is 0 Å². The van der Waals surface area contributed by atoms with E-state index in [1.54, 1.807) is 37.3 Å². The summed E-state index contributed by atoms with van der Waals surface area (Å²) in [6.45, 7) is 5.09. The van der Waals surface area contributed by atoms with Gasteiger partial charge in [-0.3, -0.25) is 14.4 Å². The van der Waals surface area contributed by atoms with E-state index < -0.39 is 6.04 Å². The Morgan fingerprint density at radius 2 is 1.61 bits per heavy atom. The van der Waals surface area contributed by atoms with Crippen LogP contribution in [-0.4, -0.2) is 21.5 Å². The number of anilines is 1. The van der Waals surface area contributed by atoms with Crippen molar-refractivity contribution in [2.45, 2.75) is 26.8 Å². The third kappa shape index (κ3) is 4.23. The molecule has 28 heavy (non-hydrogen) atoms. The van der Waals surface area contributed by atoms with Gasteiger partial charge >= 0.3 is 0 Å². The van der Waals surface area contributed by atoms with Crippen LogP contribution in [0.1, 0.15) is 35.8 Å². The zero-order valence-corrected chi connectivity index (χ0v) is 16.0. The van der Waals surface area contributed by atoms with Gasteiger partial charge in [0.25, 0.3) is 5.56 Å². The fourth-order valence-electron chi connectivity index (χ4n) is 2.73. The monoisotopic (exact) mass is 375 g/mol. The number of Topliss-reactive ketones (excluding diaryl/α,β-unsaturated/α-hetero) is 1. The summed E-state index contributed by atoms with van der Waals surface area (Å²) in [7, 11) is 0. The minimum atomic E-state index is -0.801. The smallest absolute Gasteiger partial charge is 0.267 e. The molecule has 0 fully saturated rings. The van der Waals surface area contributed by atoms with Crippen LogP contribution in [0.2, 0.25) is 0 Å². The van der Waals surface area contributed by atoms with Crippen molar-refractivity contribution in [3.63, 3.8) is 0 Å². The normalized spacial score (nSPS) is 11.7. The largest absolute Gasteiger partial charge is 0.324 e. The van der Waals surface area contributed by atoms with Crippen LogP contribution in [0.3, 0.4) is 0 Å². The van der Waals surface area contributed by atoms with E-state index in [0.717, 1.165) is 11.1 Å². The molecule has 1 amide bonds. The second-order valence-electron chi connectivity index (χ2n) is 6.67. The average Bonchev–Trinajstić information content (AvgIpc) is 2.69. The van der Waals surface area contributed by atoms with Crippen LogP contribution in [0.4, 0.5) is 5.69 Å². The number of nitrogens with one attached hydrogen (secondary N) is 1. The van der Waals surface area contributed by atoms with Crippen molar-refractivity contribution in [1.82, 2.24) is 9.78 Å². The highest BCUT2D eigenvalue weighted by Crippen LogP contribution is 2.17. The van der Waals surface area contributed by atoms with Crippen molar-refractivity contribution >= 4 is 17.4 Å². The van der Waals surface area contributed by atoms with Crippen molar-refractivity contribution in [2.24, 2.45) is 0 Å². The Morgan fingerprint density at radius 3 is 2.21 bits per heavy atom. The van der Waals surface area contributed by atoms with Crippen LogP contribution in [-0.2, 0) is 4.79 Å². The Hall–Kier alpha value is -3.54. The molecule has 0 aliphatic carbocycles. The molecule has 1 atom stereocenters. The van der Waals surface area contributed by atoms with Gasteiger partial charge in [-0.15, -0.1) is 0 Å². The Morgan fingerprint density at radius 1 is 0.964 bits per heavy atom. The molecule has 1 unspecified atom stereocenters. The van der Waals surface area contributed by atoms with Gasteiger partial charge in [0, 0.05) is 22.9 Å². The zero-order valence-electron chi connectivity index (χ0n) is 16.0. The first-order valence-electron chi connectivity index (χ1n) is 8.94. The molecule has 1 N–H and O–H groups in total. The summed E-state index contributed by atoms with van der Waals surface area (Å²) in [5.74, 6) is -0.416. The third-order valence-electron chi connectivity index (χ3n) is 4.48. The predicted octanol–water partition coefficient (Wildman–Crippen LogP) is 3.62. The van der Waals surface area contributed by atoms with E-state index in [-0.39, 0.29) is 17.2 Å². The number of rotatable bonds is 5. The van der Waals surface area contributed by atoms with Crippen molar-refractivity contribution in [3.05, 3.63) is 82.1 Å². The summed E-state index contributed by atoms with van der Waals surface area (Å²) in [6, 6.07) is 16.6. The topological polar surface area (TPSA) is 81.1 Å². The van der Waals surface area contributed by atoms with E-state index in [4.69, 9.17) is 0 Å². The van der Waals surface area contributed by atoms with E-state index in [9.17, 15) is 14.4 Å². The van der Waals surface area contributed by atoms with Gasteiger partial charge < -0.3 is 5.32 Å². The average molecular weight is 375 g/mol. The molecule has 0 aliphatic rings. The van der Waals surface area contributed by atoms with Gasteiger partial charge in [-0.2, -0.15) is 5.10 Å². The lowest BCUT2D eigenvalue weighted by Crippen LogP contribution is -2.33. The molecule has 0 spiro atoms. The van der Waals surface area contributed by atoms with Gasteiger partial charge in [0.1, 0.15) is 6.04 Å². The molecule has 1 aromatic heterocycles. The molecule has 0 radical (unpaired) electrons. The molecular formula is C22H21N3O3. The Labute approximate surface area is 162 Å². The highest BCUT2D eigenvalue weighted by atomic mass is 16.2. The van der Waals surface area contributed by atoms with Gasteiger partial charge in [-0.05, 0) is 51.1 Å². The van der Waals surface area contributed by atoms with Gasteiger partial charge in [-0.1, -0.05) is 29.8 Å². The Bertz CT molecular complexity index is 1070. The van der Waals surface area contributed by atoms with Gasteiger partial charge in [0.2, 0.25) is 5.91 Å². The molecule has 6 heteroatoms. The molecule has 0 bridgehead atoms. The number of carbonyl (C=O) groups excluding carboxylic acids is 2. The highest BCUT2D eigenvalue weighted by molar-refractivity contribution is 5.96. The molecule has 2 aromatic carbocycles. The maximum Gasteiger partial charge on any atom is 0.267 e. The summed E-state index contributed by atoms with van der Waals surface area (Å²) in [4.78, 5) is 36.2. The lowest BCUT2D eigenvalue weighted by Gasteiger charge is -2.15. The van der Waals surface area contributed by atoms with Crippen molar-refractivity contribution in [2.75, 3.05) is 5.32 Å². The van der Waals surface area contributed by atoms with E-state index in [0.29, 0.717) is 16.9 Å². The fraction of sp³-hybridized carbons (Fsp3) is 0.182. The van der Waals surface area contributed by atoms with Crippen LogP contribution in [0, 0.1) is 6.92 Å². The molecule has 0 saturated carbocycles. The van der Waals surface area contributed by atoms with E-state index in [2.05, 4.69) is 10.4 Å². The molecular weight excluding hydrogens is 354 g/mol. The van der Waals surface area contributed by atoms with Gasteiger partial charge in [-0.25, -0.2) is 4.68 Å². The van der Waals surface area contributed by atoms with E-state index in [1.165, 1.54) is 17.7 Å². The van der Waals surface area contributed by atoms with Crippen LogP contribution in [0.15, 0.2) is 65.5 Å². The van der Waals surface area contributed by atoms with Crippen LogP contribution >= 0.6 is 0 Å². The van der Waals surface area contributed by atoms with Crippen LogP contribution in [0.25, 0.3) is 11.3 Å². The number of aromatic nitrogens is 2. The number of hydrogen-bond acceptors (Lipinski definition) is 4. The lowest BCUT2D eigenvalue weighted by atomic mass is 10.1. The maximum absolute atomic E-state index is 12.6. The van der Waals surface area contributed by atoms with Gasteiger partial charge in [0.05, 0.1) is 5.69 Å². The molecule has 1 heterocycles. The van der Waals surface area contributed by atoms with Crippen LogP contribution in [0.5, 0.6) is 0 Å². The summed E-state index contributed by atoms with van der Waals surface area (Å²) in [6.07, 6.45) is 0. The van der Waals surface area contributed by atoms with Crippen molar-refractivity contribution < 1.29 is 9.59 Å². The first-order valence-corrected chi connectivity index (χ1v) is 8.94. The number of benzene rings is 2. The second kappa shape index (κ2) is 8.00. The summed E-state index contributed by atoms with van der Waals surface area (Å²) < 4.78 is 1.18. The molecule has 142 valence electrons. The Balaban J connectivity index is 1.82. The quantitative estimate of drug-likeness (QED) is 0.691. The Kier molecular flexibility index (Phi) is 5.49. The molecule has 3 rings (SSSR count). The fourth-order valence-corrected chi connectivity index (χ4v) is 2.73. The van der Waals surface area contributed by atoms with Crippen LogP contribution < -0.4 is 10.9 Å². The summed E-state index contributed by atoms with van der Waals surface area (Å²) in [5, 5.41) is 7.12. The van der Waals surface area contributed by atoms with E-state index in [1.807, 2.05) is 31.2 Å². The number of ketones is 1. The second-order valence-corrected chi connectivity index (χ2v) is 6.67. The third-order valence-corrected chi connectivity index (χ3v) is 4.48. The first-order chi connectivity index (χ1) is 13.3. The standard InChI is InChI=1S/C22H21N3O3/c1-14-4-6-18(7-5-14)20-12-13-21(27)25(24-20)15(2)22(28)23-19-10-8-17(9-11-19)16(3)26/h4-13,15H,1-3H3,(H,23,28). The number of amides is 1. The maximum atomic E-state index is 12.6. The number of hydrogen-bond donors (Lipinski definition) is 1. The summed E-state index contributed by atoms with van der Waals surface area (Å²) in [5.41, 5.74) is 3.36. The summed E-state index contributed by atoms with van der Waals surface area (Å²) >= 11 is 0. The molecule has 0 saturated heterocycles. The van der Waals surface area contributed by atoms with Crippen molar-refractivity contribution in [3.8, 4) is 11.3 Å². The van der Waals surface area contributed by atoms with Gasteiger partial charge in [0.15, 0.2) is 5.78 Å².